The number of thioether (sulfide) groups is 1. The van der Waals surface area contributed by atoms with Gasteiger partial charge in [0.15, 0.2) is 5.16 Å². The Balaban J connectivity index is 2.05. The van der Waals surface area contributed by atoms with Crippen LogP contribution in [0.4, 0.5) is 5.69 Å². The number of aromatic nitrogens is 4. The molecule has 2 rings (SSSR count). The molecule has 2 aromatic heterocycles. The third-order valence-electron chi connectivity index (χ3n) is 2.72. The predicted octanol–water partition coefficient (Wildman–Crippen LogP) is 2.10. The Morgan fingerprint density at radius 2 is 2.30 bits per heavy atom. The predicted molar refractivity (Wildman–Crippen MR) is 81.1 cm³/mol. The summed E-state index contributed by atoms with van der Waals surface area (Å²) in [4.78, 5) is 15.9. The van der Waals surface area contributed by atoms with Crippen molar-refractivity contribution in [3.63, 3.8) is 0 Å². The standard InChI is InChI=1S/C13H19N5OS/c1-3-7-18-12(19)16-17-13(18)20-9-11-8-10(14-4-2)5-6-15-11/h5-6,8H,3-4,7,9H2,1-2H3,(H,14,15)(H,16,19). The molecule has 0 aromatic carbocycles. The minimum atomic E-state index is -0.149. The van der Waals surface area contributed by atoms with Crippen molar-refractivity contribution >= 4 is 17.4 Å². The van der Waals surface area contributed by atoms with E-state index in [0.29, 0.717) is 17.5 Å². The second-order valence-electron chi connectivity index (χ2n) is 4.32. The van der Waals surface area contributed by atoms with E-state index in [1.807, 2.05) is 19.1 Å². The summed E-state index contributed by atoms with van der Waals surface area (Å²) in [6.45, 7) is 5.66. The molecule has 0 fully saturated rings. The van der Waals surface area contributed by atoms with Gasteiger partial charge in [-0.3, -0.25) is 9.55 Å². The number of pyridine rings is 1. The van der Waals surface area contributed by atoms with Gasteiger partial charge < -0.3 is 5.32 Å². The van der Waals surface area contributed by atoms with Crippen LogP contribution in [0, 0.1) is 0 Å². The fraction of sp³-hybridized carbons (Fsp3) is 0.462. The van der Waals surface area contributed by atoms with Crippen LogP contribution in [-0.4, -0.2) is 26.3 Å². The van der Waals surface area contributed by atoms with E-state index < -0.39 is 0 Å². The van der Waals surface area contributed by atoms with Crippen LogP contribution in [0.1, 0.15) is 26.0 Å². The molecule has 2 aromatic rings. The van der Waals surface area contributed by atoms with Gasteiger partial charge >= 0.3 is 5.69 Å². The van der Waals surface area contributed by atoms with Crippen LogP contribution in [-0.2, 0) is 12.3 Å². The lowest BCUT2D eigenvalue weighted by Gasteiger charge is -2.06. The molecule has 0 unspecified atom stereocenters. The van der Waals surface area contributed by atoms with E-state index in [9.17, 15) is 4.79 Å². The molecule has 0 radical (unpaired) electrons. The molecular formula is C13H19N5OS. The van der Waals surface area contributed by atoms with Crippen molar-refractivity contribution in [2.45, 2.75) is 37.7 Å². The second kappa shape index (κ2) is 7.14. The lowest BCUT2D eigenvalue weighted by molar-refractivity contribution is 0.603. The van der Waals surface area contributed by atoms with E-state index in [1.165, 1.54) is 11.8 Å². The van der Waals surface area contributed by atoms with E-state index in [4.69, 9.17) is 0 Å². The Morgan fingerprint density at radius 3 is 3.05 bits per heavy atom. The van der Waals surface area contributed by atoms with E-state index in [-0.39, 0.29) is 5.69 Å². The summed E-state index contributed by atoms with van der Waals surface area (Å²) < 4.78 is 1.67. The van der Waals surface area contributed by atoms with Crippen LogP contribution in [0.15, 0.2) is 28.3 Å². The van der Waals surface area contributed by atoms with E-state index in [1.54, 1.807) is 10.8 Å². The highest BCUT2D eigenvalue weighted by Crippen LogP contribution is 2.20. The van der Waals surface area contributed by atoms with Gasteiger partial charge in [0.05, 0.1) is 5.69 Å². The van der Waals surface area contributed by atoms with Gasteiger partial charge in [-0.25, -0.2) is 9.89 Å². The topological polar surface area (TPSA) is 75.6 Å². The molecule has 0 aliphatic heterocycles. The highest BCUT2D eigenvalue weighted by Gasteiger charge is 2.08. The zero-order valence-corrected chi connectivity index (χ0v) is 12.5. The molecule has 2 N–H and O–H groups in total. The molecule has 0 saturated heterocycles. The molecule has 20 heavy (non-hydrogen) atoms. The minimum absolute atomic E-state index is 0.149. The first-order chi connectivity index (χ1) is 9.74. The average molecular weight is 293 g/mol. The van der Waals surface area contributed by atoms with Gasteiger partial charge in [0.1, 0.15) is 0 Å². The SMILES string of the molecule is CCCn1c(SCc2cc(NCC)ccn2)n[nH]c1=O. The number of hydrogen-bond donors (Lipinski definition) is 2. The molecule has 6 nitrogen and oxygen atoms in total. The Labute approximate surface area is 122 Å². The van der Waals surface area contributed by atoms with Crippen LogP contribution in [0.3, 0.4) is 0 Å². The van der Waals surface area contributed by atoms with E-state index >= 15 is 0 Å². The fourth-order valence-corrected chi connectivity index (χ4v) is 2.72. The van der Waals surface area contributed by atoms with Gasteiger partial charge in [0.2, 0.25) is 0 Å². The van der Waals surface area contributed by atoms with Crippen molar-refractivity contribution in [2.75, 3.05) is 11.9 Å². The first-order valence-corrected chi connectivity index (χ1v) is 7.70. The molecule has 0 aliphatic rings. The van der Waals surface area contributed by atoms with Crippen LogP contribution < -0.4 is 11.0 Å². The Hall–Kier alpha value is -1.76. The zero-order valence-electron chi connectivity index (χ0n) is 11.7. The van der Waals surface area contributed by atoms with Gasteiger partial charge in [0.25, 0.3) is 0 Å². The number of nitrogens with one attached hydrogen (secondary N) is 2. The van der Waals surface area contributed by atoms with Crippen molar-refractivity contribution in [3.05, 3.63) is 34.5 Å². The molecule has 0 spiro atoms. The Morgan fingerprint density at radius 1 is 1.45 bits per heavy atom. The summed E-state index contributed by atoms with van der Waals surface area (Å²) in [5.41, 5.74) is 1.88. The molecule has 0 amide bonds. The average Bonchev–Trinajstić information content (AvgIpc) is 2.79. The van der Waals surface area contributed by atoms with Crippen LogP contribution in [0.2, 0.25) is 0 Å². The summed E-state index contributed by atoms with van der Waals surface area (Å²) in [6, 6.07) is 3.96. The monoisotopic (exact) mass is 293 g/mol. The number of rotatable bonds is 7. The molecule has 0 saturated carbocycles. The molecule has 0 atom stereocenters. The maximum Gasteiger partial charge on any atom is 0.343 e. The molecular weight excluding hydrogens is 274 g/mol. The first kappa shape index (κ1) is 14.6. The van der Waals surface area contributed by atoms with Gasteiger partial charge in [0, 0.05) is 30.7 Å². The second-order valence-corrected chi connectivity index (χ2v) is 5.26. The number of nitrogens with zero attached hydrogens (tertiary/aromatic N) is 3. The van der Waals surface area contributed by atoms with E-state index in [0.717, 1.165) is 24.3 Å². The number of hydrogen-bond acceptors (Lipinski definition) is 5. The molecule has 0 bridgehead atoms. The van der Waals surface area contributed by atoms with Crippen molar-refractivity contribution in [2.24, 2.45) is 0 Å². The smallest absolute Gasteiger partial charge is 0.343 e. The Kier molecular flexibility index (Phi) is 5.23. The minimum Gasteiger partial charge on any atom is -0.385 e. The third-order valence-corrected chi connectivity index (χ3v) is 3.73. The van der Waals surface area contributed by atoms with Gasteiger partial charge in [-0.2, -0.15) is 0 Å². The Bertz CT molecular complexity index is 607. The number of anilines is 1. The lowest BCUT2D eigenvalue weighted by Crippen LogP contribution is -2.17. The highest BCUT2D eigenvalue weighted by molar-refractivity contribution is 7.98. The molecule has 0 aliphatic carbocycles. The summed E-state index contributed by atoms with van der Waals surface area (Å²) in [7, 11) is 0. The van der Waals surface area contributed by atoms with Crippen molar-refractivity contribution in [3.8, 4) is 0 Å². The number of H-pyrrole nitrogens is 1. The fourth-order valence-electron chi connectivity index (χ4n) is 1.84. The van der Waals surface area contributed by atoms with Crippen LogP contribution in [0.5, 0.6) is 0 Å². The summed E-state index contributed by atoms with van der Waals surface area (Å²) in [5.74, 6) is 0.688. The maximum absolute atomic E-state index is 11.6. The lowest BCUT2D eigenvalue weighted by atomic mass is 10.3. The first-order valence-electron chi connectivity index (χ1n) is 6.71. The summed E-state index contributed by atoms with van der Waals surface area (Å²) in [5, 5.41) is 10.5. The normalized spacial score (nSPS) is 10.7. The van der Waals surface area contributed by atoms with Gasteiger partial charge in [-0.05, 0) is 25.5 Å². The third kappa shape index (κ3) is 3.63. The van der Waals surface area contributed by atoms with Gasteiger partial charge in [-0.15, -0.1) is 5.10 Å². The van der Waals surface area contributed by atoms with Gasteiger partial charge in [-0.1, -0.05) is 18.7 Å². The van der Waals surface area contributed by atoms with Crippen molar-refractivity contribution in [1.82, 2.24) is 19.7 Å². The molecule has 2 heterocycles. The van der Waals surface area contributed by atoms with Crippen LogP contribution >= 0.6 is 11.8 Å². The summed E-state index contributed by atoms with van der Waals surface area (Å²) >= 11 is 1.52. The molecule has 108 valence electrons. The highest BCUT2D eigenvalue weighted by atomic mass is 32.2. The van der Waals surface area contributed by atoms with E-state index in [2.05, 4.69) is 27.4 Å². The van der Waals surface area contributed by atoms with Crippen LogP contribution in [0.25, 0.3) is 0 Å². The zero-order chi connectivity index (χ0) is 14.4. The summed E-state index contributed by atoms with van der Waals surface area (Å²) in [6.07, 6.45) is 2.69. The number of aromatic amines is 1. The maximum atomic E-state index is 11.6. The van der Waals surface area contributed by atoms with Crippen molar-refractivity contribution < 1.29 is 0 Å². The van der Waals surface area contributed by atoms with Crippen molar-refractivity contribution in [1.29, 1.82) is 0 Å². The quantitative estimate of drug-likeness (QED) is 0.765. The largest absolute Gasteiger partial charge is 0.385 e. The molecule has 7 heteroatoms.